The number of benzene rings is 1. The maximum absolute atomic E-state index is 12.4. The van der Waals surface area contributed by atoms with E-state index in [1.54, 1.807) is 24.4 Å². The van der Waals surface area contributed by atoms with Crippen LogP contribution in [0.15, 0.2) is 48.2 Å². The highest BCUT2D eigenvalue weighted by Crippen LogP contribution is 2.20. The Morgan fingerprint density at radius 3 is 2.79 bits per heavy atom. The second-order valence-electron chi connectivity index (χ2n) is 6.77. The van der Waals surface area contributed by atoms with Crippen molar-refractivity contribution in [3.05, 3.63) is 53.9 Å². The monoisotopic (exact) mass is 379 g/mol. The number of anilines is 3. The summed E-state index contributed by atoms with van der Waals surface area (Å²) in [6.45, 7) is 2.06. The van der Waals surface area contributed by atoms with Gasteiger partial charge in [0.2, 0.25) is 11.9 Å². The van der Waals surface area contributed by atoms with Crippen molar-refractivity contribution in [2.45, 2.75) is 39.0 Å². The highest BCUT2D eigenvalue weighted by molar-refractivity contribution is 5.92. The second-order valence-corrected chi connectivity index (χ2v) is 6.77. The minimum Gasteiger partial charge on any atom is -0.350 e. The van der Waals surface area contributed by atoms with Crippen molar-refractivity contribution < 1.29 is 9.59 Å². The van der Waals surface area contributed by atoms with Gasteiger partial charge < -0.3 is 16.0 Å². The van der Waals surface area contributed by atoms with Crippen LogP contribution < -0.4 is 16.0 Å². The summed E-state index contributed by atoms with van der Waals surface area (Å²) in [6, 6.07) is 8.80. The van der Waals surface area contributed by atoms with E-state index in [0.29, 0.717) is 29.6 Å². The van der Waals surface area contributed by atoms with E-state index in [4.69, 9.17) is 0 Å². The zero-order valence-corrected chi connectivity index (χ0v) is 16.0. The molecular formula is C21H25N5O2. The Morgan fingerprint density at radius 1 is 1.14 bits per heavy atom. The Balaban J connectivity index is 1.58. The molecule has 3 rings (SSSR count). The molecule has 0 saturated heterocycles. The summed E-state index contributed by atoms with van der Waals surface area (Å²) in [7, 11) is 0. The summed E-state index contributed by atoms with van der Waals surface area (Å²) in [6.07, 6.45) is 9.51. The molecule has 2 aromatic rings. The molecule has 0 saturated carbocycles. The third-order valence-electron chi connectivity index (χ3n) is 4.44. The van der Waals surface area contributed by atoms with Crippen molar-refractivity contribution >= 4 is 29.1 Å². The molecule has 0 bridgehead atoms. The smallest absolute Gasteiger partial charge is 0.270 e. The highest BCUT2D eigenvalue weighted by atomic mass is 16.2. The fraction of sp³-hybridized carbons (Fsp3) is 0.333. The van der Waals surface area contributed by atoms with E-state index in [0.717, 1.165) is 19.3 Å². The van der Waals surface area contributed by atoms with Crippen LogP contribution in [0.1, 0.15) is 49.5 Å². The molecule has 0 atom stereocenters. The number of nitrogens with one attached hydrogen (secondary N) is 3. The van der Waals surface area contributed by atoms with Gasteiger partial charge in [0.15, 0.2) is 0 Å². The molecule has 146 valence electrons. The van der Waals surface area contributed by atoms with E-state index in [-0.39, 0.29) is 11.8 Å². The molecule has 1 aromatic heterocycles. The van der Waals surface area contributed by atoms with Crippen LogP contribution in [0.3, 0.4) is 0 Å². The molecule has 0 unspecified atom stereocenters. The van der Waals surface area contributed by atoms with Gasteiger partial charge in [-0.15, -0.1) is 0 Å². The molecule has 0 fully saturated rings. The lowest BCUT2D eigenvalue weighted by Gasteiger charge is -2.13. The predicted octanol–water partition coefficient (Wildman–Crippen LogP) is 3.80. The average Bonchev–Trinajstić information content (AvgIpc) is 2.69. The maximum atomic E-state index is 12.4. The maximum Gasteiger partial charge on any atom is 0.270 e. The van der Waals surface area contributed by atoms with Crippen LogP contribution in [-0.2, 0) is 4.79 Å². The van der Waals surface area contributed by atoms with Gasteiger partial charge in [-0.3, -0.25) is 9.59 Å². The number of rotatable bonds is 7. The fourth-order valence-electron chi connectivity index (χ4n) is 3.11. The van der Waals surface area contributed by atoms with E-state index in [9.17, 15) is 9.59 Å². The van der Waals surface area contributed by atoms with Gasteiger partial charge in [-0.25, -0.2) is 9.97 Å². The Hall–Kier alpha value is -3.22. The van der Waals surface area contributed by atoms with Gasteiger partial charge in [0, 0.05) is 31.0 Å². The van der Waals surface area contributed by atoms with Gasteiger partial charge in [0.1, 0.15) is 5.69 Å². The van der Waals surface area contributed by atoms with Crippen molar-refractivity contribution in [2.75, 3.05) is 17.2 Å². The number of carbonyl (C=O) groups excluding carboxylic acids is 2. The van der Waals surface area contributed by atoms with Crippen LogP contribution in [0, 0.1) is 0 Å². The largest absolute Gasteiger partial charge is 0.350 e. The fourth-order valence-corrected chi connectivity index (χ4v) is 3.11. The van der Waals surface area contributed by atoms with Crippen LogP contribution in [-0.4, -0.2) is 28.3 Å². The average molecular weight is 379 g/mol. The summed E-state index contributed by atoms with van der Waals surface area (Å²) in [5.74, 6) is -0.0347. The Morgan fingerprint density at radius 2 is 2.00 bits per heavy atom. The zero-order valence-electron chi connectivity index (χ0n) is 16.0. The molecule has 0 aliphatic heterocycles. The van der Waals surface area contributed by atoms with Gasteiger partial charge >= 0.3 is 0 Å². The SMILES string of the molecule is CC(=O)Nc1cccc(Nc2nccc(C(=O)NCCC3=CCCCC3)n2)c1. The normalized spacial score (nSPS) is 13.4. The number of amides is 2. The van der Waals surface area contributed by atoms with Crippen molar-refractivity contribution in [3.63, 3.8) is 0 Å². The predicted molar refractivity (Wildman–Crippen MR) is 110 cm³/mol. The van der Waals surface area contributed by atoms with Crippen LogP contribution in [0.5, 0.6) is 0 Å². The molecule has 1 aliphatic rings. The molecule has 7 heteroatoms. The number of allylic oxidation sites excluding steroid dienone is 1. The first-order valence-corrected chi connectivity index (χ1v) is 9.54. The van der Waals surface area contributed by atoms with Gasteiger partial charge in [0.05, 0.1) is 0 Å². The lowest BCUT2D eigenvalue weighted by molar-refractivity contribution is -0.114. The minimum atomic E-state index is -0.214. The summed E-state index contributed by atoms with van der Waals surface area (Å²) in [5, 5.41) is 8.70. The molecule has 1 heterocycles. The molecule has 1 aliphatic carbocycles. The Labute approximate surface area is 164 Å². The lowest BCUT2D eigenvalue weighted by atomic mass is 9.97. The molecule has 0 radical (unpaired) electrons. The molecule has 2 amide bonds. The van der Waals surface area contributed by atoms with E-state index < -0.39 is 0 Å². The number of hydrogen-bond donors (Lipinski definition) is 3. The summed E-state index contributed by atoms with van der Waals surface area (Å²) >= 11 is 0. The van der Waals surface area contributed by atoms with Crippen LogP contribution >= 0.6 is 0 Å². The standard InChI is InChI=1S/C21H25N5O2/c1-15(27)24-17-8-5-9-18(14-17)25-21-23-13-11-19(26-21)20(28)22-12-10-16-6-3-2-4-7-16/h5-6,8-9,11,13-14H,2-4,7,10,12H2,1H3,(H,22,28)(H,24,27)(H,23,25,26). The van der Waals surface area contributed by atoms with E-state index in [2.05, 4.69) is 32.0 Å². The highest BCUT2D eigenvalue weighted by Gasteiger charge is 2.10. The molecule has 0 spiro atoms. The third-order valence-corrected chi connectivity index (χ3v) is 4.44. The van der Waals surface area contributed by atoms with E-state index in [1.165, 1.54) is 25.3 Å². The number of aromatic nitrogens is 2. The van der Waals surface area contributed by atoms with Gasteiger partial charge in [-0.05, 0) is 56.4 Å². The van der Waals surface area contributed by atoms with E-state index in [1.807, 2.05) is 12.1 Å². The van der Waals surface area contributed by atoms with Crippen LogP contribution in [0.25, 0.3) is 0 Å². The first-order chi connectivity index (χ1) is 13.6. The first kappa shape index (κ1) is 19.5. The number of nitrogens with zero attached hydrogens (tertiary/aromatic N) is 2. The van der Waals surface area contributed by atoms with Crippen molar-refractivity contribution in [3.8, 4) is 0 Å². The summed E-state index contributed by atoms with van der Waals surface area (Å²) in [4.78, 5) is 32.0. The van der Waals surface area contributed by atoms with Crippen LogP contribution in [0.4, 0.5) is 17.3 Å². The third kappa shape index (κ3) is 5.90. The molecule has 7 nitrogen and oxygen atoms in total. The van der Waals surface area contributed by atoms with Crippen molar-refractivity contribution in [1.29, 1.82) is 0 Å². The summed E-state index contributed by atoms with van der Waals surface area (Å²) in [5.41, 5.74) is 3.13. The number of hydrogen-bond acceptors (Lipinski definition) is 5. The van der Waals surface area contributed by atoms with Gasteiger partial charge in [-0.2, -0.15) is 0 Å². The topological polar surface area (TPSA) is 96.0 Å². The second kappa shape index (κ2) is 9.64. The first-order valence-electron chi connectivity index (χ1n) is 9.54. The molecule has 1 aromatic carbocycles. The van der Waals surface area contributed by atoms with E-state index >= 15 is 0 Å². The zero-order chi connectivity index (χ0) is 19.8. The van der Waals surface area contributed by atoms with Crippen molar-refractivity contribution in [2.24, 2.45) is 0 Å². The lowest BCUT2D eigenvalue weighted by Crippen LogP contribution is -2.26. The molecular weight excluding hydrogens is 354 g/mol. The van der Waals surface area contributed by atoms with Crippen molar-refractivity contribution in [1.82, 2.24) is 15.3 Å². The van der Waals surface area contributed by atoms with Gasteiger partial charge in [-0.1, -0.05) is 17.7 Å². The minimum absolute atomic E-state index is 0.143. The van der Waals surface area contributed by atoms with Gasteiger partial charge in [0.25, 0.3) is 5.91 Å². The summed E-state index contributed by atoms with van der Waals surface area (Å²) < 4.78 is 0. The Kier molecular flexibility index (Phi) is 6.73. The number of carbonyl (C=O) groups is 2. The van der Waals surface area contributed by atoms with Crippen LogP contribution in [0.2, 0.25) is 0 Å². The Bertz CT molecular complexity index is 879. The molecule has 3 N–H and O–H groups in total. The molecule has 28 heavy (non-hydrogen) atoms. The quantitative estimate of drug-likeness (QED) is 0.636.